The summed E-state index contributed by atoms with van der Waals surface area (Å²) >= 11 is 1.39. The summed E-state index contributed by atoms with van der Waals surface area (Å²) in [6.07, 6.45) is 3.20. The Morgan fingerprint density at radius 3 is 3.12 bits per heavy atom. The fourth-order valence-electron chi connectivity index (χ4n) is 1.15. The zero-order valence-corrected chi connectivity index (χ0v) is 10.0. The van der Waals surface area contributed by atoms with E-state index in [-0.39, 0.29) is 12.5 Å². The Labute approximate surface area is 102 Å². The van der Waals surface area contributed by atoms with Gasteiger partial charge in [0.25, 0.3) is 5.91 Å². The van der Waals surface area contributed by atoms with Crippen LogP contribution in [0.25, 0.3) is 0 Å². The maximum atomic E-state index is 11.5. The molecule has 2 aromatic heterocycles. The second kappa shape index (κ2) is 5.40. The number of hydrogen-bond acceptors (Lipinski definition) is 5. The van der Waals surface area contributed by atoms with E-state index in [4.69, 9.17) is 4.74 Å². The number of aromatic nitrogens is 2. The molecule has 0 aliphatic rings. The van der Waals surface area contributed by atoms with Crippen LogP contribution in [0, 0.1) is 6.92 Å². The maximum Gasteiger partial charge on any atom is 0.264 e. The Kier molecular flexibility index (Phi) is 3.66. The van der Waals surface area contributed by atoms with Crippen molar-refractivity contribution in [3.8, 4) is 5.75 Å². The zero-order chi connectivity index (χ0) is 12.1. The molecule has 2 rings (SSSR count). The van der Waals surface area contributed by atoms with Gasteiger partial charge in [-0.25, -0.2) is 4.98 Å². The molecule has 6 heteroatoms. The largest absolute Gasteiger partial charge is 0.482 e. The molecule has 0 aliphatic heterocycles. The number of carbonyl (C=O) groups excluding carboxylic acids is 1. The Morgan fingerprint density at radius 2 is 2.47 bits per heavy atom. The molecule has 0 bridgehead atoms. The minimum atomic E-state index is -0.233. The molecule has 5 nitrogen and oxygen atoms in total. The van der Waals surface area contributed by atoms with Crippen LogP contribution >= 0.6 is 11.3 Å². The van der Waals surface area contributed by atoms with Gasteiger partial charge in [-0.15, -0.1) is 11.3 Å². The number of nitrogens with zero attached hydrogens (tertiary/aromatic N) is 2. The maximum absolute atomic E-state index is 11.5. The van der Waals surface area contributed by atoms with E-state index >= 15 is 0 Å². The standard InChI is InChI=1S/C11H11N3O2S/c1-8-7-17-11(13-8)14-10(15)6-16-9-3-2-4-12-5-9/h2-5,7H,6H2,1H3,(H,13,14,15). The van der Waals surface area contributed by atoms with Gasteiger partial charge in [-0.3, -0.25) is 15.1 Å². The highest BCUT2D eigenvalue weighted by atomic mass is 32.1. The summed E-state index contributed by atoms with van der Waals surface area (Å²) < 4.78 is 5.25. The van der Waals surface area contributed by atoms with Crippen molar-refractivity contribution in [3.63, 3.8) is 0 Å². The first kappa shape index (κ1) is 11.5. The summed E-state index contributed by atoms with van der Waals surface area (Å²) in [4.78, 5) is 19.5. The number of ether oxygens (including phenoxy) is 1. The highest BCUT2D eigenvalue weighted by molar-refractivity contribution is 7.13. The first-order valence-corrected chi connectivity index (χ1v) is 5.87. The zero-order valence-electron chi connectivity index (χ0n) is 9.21. The molecule has 2 aromatic rings. The van der Waals surface area contributed by atoms with Gasteiger partial charge in [-0.1, -0.05) is 0 Å². The molecular weight excluding hydrogens is 238 g/mol. The van der Waals surface area contributed by atoms with Crippen molar-refractivity contribution in [2.75, 3.05) is 11.9 Å². The molecule has 0 spiro atoms. The summed E-state index contributed by atoms with van der Waals surface area (Å²) in [6, 6.07) is 3.49. The van der Waals surface area contributed by atoms with Gasteiger partial charge >= 0.3 is 0 Å². The third-order valence-corrected chi connectivity index (χ3v) is 2.75. The predicted octanol–water partition coefficient (Wildman–Crippen LogP) is 1.86. The molecule has 0 fully saturated rings. The predicted molar refractivity (Wildman–Crippen MR) is 65.2 cm³/mol. The second-order valence-corrected chi connectivity index (χ2v) is 4.18. The molecule has 0 atom stereocenters. The van der Waals surface area contributed by atoms with Crippen LogP contribution in [0.15, 0.2) is 29.9 Å². The third-order valence-electron chi connectivity index (χ3n) is 1.87. The van der Waals surface area contributed by atoms with Crippen molar-refractivity contribution in [1.82, 2.24) is 9.97 Å². The van der Waals surface area contributed by atoms with E-state index in [2.05, 4.69) is 15.3 Å². The van der Waals surface area contributed by atoms with Gasteiger partial charge in [0.05, 0.1) is 11.9 Å². The lowest BCUT2D eigenvalue weighted by Gasteiger charge is -2.04. The molecule has 1 N–H and O–H groups in total. The first-order valence-electron chi connectivity index (χ1n) is 4.99. The Morgan fingerprint density at radius 1 is 1.59 bits per heavy atom. The average Bonchev–Trinajstić information content (AvgIpc) is 2.73. The topological polar surface area (TPSA) is 64.1 Å². The summed E-state index contributed by atoms with van der Waals surface area (Å²) in [5.74, 6) is 0.334. The molecule has 0 radical (unpaired) electrons. The summed E-state index contributed by atoms with van der Waals surface area (Å²) in [6.45, 7) is 1.82. The van der Waals surface area contributed by atoms with Gasteiger partial charge in [0.2, 0.25) is 0 Å². The van der Waals surface area contributed by atoms with Gasteiger partial charge < -0.3 is 4.74 Å². The van der Waals surface area contributed by atoms with Crippen LogP contribution in [-0.4, -0.2) is 22.5 Å². The fourth-order valence-corrected chi connectivity index (χ4v) is 1.85. The normalized spacial score (nSPS) is 9.94. The van der Waals surface area contributed by atoms with E-state index in [1.165, 1.54) is 11.3 Å². The molecule has 1 amide bonds. The number of amides is 1. The van der Waals surface area contributed by atoms with Crippen molar-refractivity contribution in [2.24, 2.45) is 0 Å². The molecule has 0 unspecified atom stereocenters. The van der Waals surface area contributed by atoms with Crippen molar-refractivity contribution in [2.45, 2.75) is 6.92 Å². The summed E-state index contributed by atoms with van der Waals surface area (Å²) in [5, 5.41) is 5.11. The van der Waals surface area contributed by atoms with E-state index < -0.39 is 0 Å². The van der Waals surface area contributed by atoms with Crippen LogP contribution in [0.4, 0.5) is 5.13 Å². The first-order chi connectivity index (χ1) is 8.24. The lowest BCUT2D eigenvalue weighted by atomic mass is 10.5. The van der Waals surface area contributed by atoms with E-state index in [9.17, 15) is 4.79 Å². The van der Waals surface area contributed by atoms with Crippen LogP contribution in [0.2, 0.25) is 0 Å². The Bertz CT molecular complexity index is 498. The number of nitrogens with one attached hydrogen (secondary N) is 1. The second-order valence-electron chi connectivity index (χ2n) is 3.32. The summed E-state index contributed by atoms with van der Waals surface area (Å²) in [7, 11) is 0. The average molecular weight is 249 g/mol. The smallest absolute Gasteiger partial charge is 0.264 e. The van der Waals surface area contributed by atoms with E-state index in [0.717, 1.165) is 5.69 Å². The molecular formula is C11H11N3O2S. The molecule has 2 heterocycles. The van der Waals surface area contributed by atoms with Crippen LogP contribution < -0.4 is 10.1 Å². The third kappa shape index (κ3) is 3.53. The van der Waals surface area contributed by atoms with Crippen molar-refractivity contribution in [3.05, 3.63) is 35.6 Å². The van der Waals surface area contributed by atoms with Gasteiger partial charge in [0.15, 0.2) is 11.7 Å². The van der Waals surface area contributed by atoms with Gasteiger partial charge in [-0.2, -0.15) is 0 Å². The number of anilines is 1. The SMILES string of the molecule is Cc1csc(NC(=O)COc2cccnc2)n1. The lowest BCUT2D eigenvalue weighted by Crippen LogP contribution is -2.20. The van der Waals surface area contributed by atoms with E-state index in [0.29, 0.717) is 10.9 Å². The number of thiazole rings is 1. The van der Waals surface area contributed by atoms with Crippen LogP contribution in [-0.2, 0) is 4.79 Å². The van der Waals surface area contributed by atoms with Crippen molar-refractivity contribution in [1.29, 1.82) is 0 Å². The van der Waals surface area contributed by atoms with Gasteiger partial charge in [-0.05, 0) is 19.1 Å². The minimum absolute atomic E-state index is 0.0513. The Balaban J connectivity index is 1.82. The Hall–Kier alpha value is -1.95. The van der Waals surface area contributed by atoms with Crippen molar-refractivity contribution < 1.29 is 9.53 Å². The van der Waals surface area contributed by atoms with Crippen LogP contribution in [0.3, 0.4) is 0 Å². The quantitative estimate of drug-likeness (QED) is 0.898. The number of pyridine rings is 1. The molecule has 0 aliphatic carbocycles. The summed E-state index contributed by atoms with van der Waals surface area (Å²) in [5.41, 5.74) is 0.887. The minimum Gasteiger partial charge on any atom is -0.482 e. The van der Waals surface area contributed by atoms with Crippen LogP contribution in [0.5, 0.6) is 5.75 Å². The van der Waals surface area contributed by atoms with Gasteiger partial charge in [0.1, 0.15) is 5.75 Å². The number of hydrogen-bond donors (Lipinski definition) is 1. The van der Waals surface area contributed by atoms with Crippen molar-refractivity contribution >= 4 is 22.4 Å². The molecule has 0 saturated heterocycles. The number of rotatable bonds is 4. The van der Waals surface area contributed by atoms with Crippen LogP contribution in [0.1, 0.15) is 5.69 Å². The molecule has 88 valence electrons. The van der Waals surface area contributed by atoms with E-state index in [1.54, 1.807) is 24.5 Å². The monoisotopic (exact) mass is 249 g/mol. The fraction of sp³-hybridized carbons (Fsp3) is 0.182. The highest BCUT2D eigenvalue weighted by Crippen LogP contribution is 2.14. The van der Waals surface area contributed by atoms with Gasteiger partial charge in [0, 0.05) is 11.6 Å². The highest BCUT2D eigenvalue weighted by Gasteiger charge is 2.05. The molecule has 17 heavy (non-hydrogen) atoms. The molecule has 0 saturated carbocycles. The van der Waals surface area contributed by atoms with E-state index in [1.807, 2.05) is 12.3 Å². The lowest BCUT2D eigenvalue weighted by molar-refractivity contribution is -0.118. The number of carbonyl (C=O) groups is 1. The number of aryl methyl sites for hydroxylation is 1. The molecule has 0 aromatic carbocycles.